The molecule has 0 bridgehead atoms. The van der Waals surface area contributed by atoms with Gasteiger partial charge >= 0.3 is 0 Å². The van der Waals surface area contributed by atoms with Crippen LogP contribution in [0, 0.1) is 5.92 Å². The molecule has 1 fully saturated rings. The number of hydrogen-bond acceptors (Lipinski definition) is 3. The van der Waals surface area contributed by atoms with Gasteiger partial charge in [-0.1, -0.05) is 6.92 Å². The molecule has 114 valence electrons. The van der Waals surface area contributed by atoms with Gasteiger partial charge in [-0.15, -0.1) is 24.0 Å². The summed E-state index contributed by atoms with van der Waals surface area (Å²) >= 11 is 0. The quantitative estimate of drug-likeness (QED) is 0.475. The minimum absolute atomic E-state index is 0. The van der Waals surface area contributed by atoms with E-state index in [0.29, 0.717) is 18.4 Å². The Bertz CT molecular complexity index is 623. The first-order chi connectivity index (χ1) is 9.74. The van der Waals surface area contributed by atoms with E-state index in [1.54, 1.807) is 16.9 Å². The topological polar surface area (TPSA) is 71.8 Å². The molecule has 0 spiro atoms. The second-order valence-electron chi connectivity index (χ2n) is 5.41. The average Bonchev–Trinajstić information content (AvgIpc) is 2.93. The molecule has 21 heavy (non-hydrogen) atoms. The number of nitrogens with two attached hydrogens (primary N) is 1. The fourth-order valence-corrected chi connectivity index (χ4v) is 2.66. The predicted molar refractivity (Wildman–Crippen MR) is 93.7 cm³/mol. The summed E-state index contributed by atoms with van der Waals surface area (Å²) in [6.07, 6.45) is 5.99. The summed E-state index contributed by atoms with van der Waals surface area (Å²) in [6, 6.07) is 3.80. The number of aliphatic imine (C=N–C) groups is 1. The average molecular weight is 400 g/mol. The van der Waals surface area contributed by atoms with E-state index in [-0.39, 0.29) is 24.0 Å². The van der Waals surface area contributed by atoms with Gasteiger partial charge in [0.05, 0.1) is 18.4 Å². The normalized spacial score (nSPS) is 19.6. The summed E-state index contributed by atoms with van der Waals surface area (Å²) in [5.74, 6) is 1.32. The summed E-state index contributed by atoms with van der Waals surface area (Å²) in [5, 5.41) is 4.25. The molecule has 1 aliphatic heterocycles. The highest BCUT2D eigenvalue weighted by molar-refractivity contribution is 14.0. The Labute approximate surface area is 141 Å². The fourth-order valence-electron chi connectivity index (χ4n) is 2.66. The Morgan fingerprint density at radius 2 is 2.29 bits per heavy atom. The lowest BCUT2D eigenvalue weighted by Gasteiger charge is -2.31. The van der Waals surface area contributed by atoms with E-state index in [1.165, 1.54) is 12.8 Å². The van der Waals surface area contributed by atoms with Crippen LogP contribution >= 0.6 is 24.0 Å². The summed E-state index contributed by atoms with van der Waals surface area (Å²) in [5.41, 5.74) is 7.94. The molecule has 0 saturated carbocycles. The van der Waals surface area contributed by atoms with Gasteiger partial charge in [-0.05, 0) is 24.8 Å². The Kier molecular flexibility index (Phi) is 5.38. The number of guanidine groups is 1. The van der Waals surface area contributed by atoms with E-state index < -0.39 is 0 Å². The lowest BCUT2D eigenvalue weighted by atomic mass is 10.0. The maximum atomic E-state index is 6.11. The predicted octanol–water partition coefficient (Wildman–Crippen LogP) is 1.89. The molecular formula is C14H21IN6. The van der Waals surface area contributed by atoms with Crippen LogP contribution in [0.4, 0.5) is 0 Å². The molecule has 3 heterocycles. The molecule has 3 rings (SSSR count). The van der Waals surface area contributed by atoms with E-state index in [0.717, 1.165) is 24.4 Å². The van der Waals surface area contributed by atoms with E-state index in [2.05, 4.69) is 26.9 Å². The van der Waals surface area contributed by atoms with E-state index in [1.807, 2.05) is 12.1 Å². The zero-order chi connectivity index (χ0) is 13.9. The van der Waals surface area contributed by atoms with Crippen LogP contribution in [0.25, 0.3) is 5.65 Å². The molecule has 2 aromatic rings. The van der Waals surface area contributed by atoms with Gasteiger partial charge in [0.2, 0.25) is 0 Å². The highest BCUT2D eigenvalue weighted by Crippen LogP contribution is 2.15. The Morgan fingerprint density at radius 1 is 1.43 bits per heavy atom. The first-order valence-electron chi connectivity index (χ1n) is 7.06. The number of piperidine rings is 1. The number of aromatic nitrogens is 3. The number of fused-ring (bicyclic) bond motifs is 1. The number of likely N-dealkylation sites (tertiary alicyclic amines) is 1. The third kappa shape index (κ3) is 3.63. The first-order valence-corrected chi connectivity index (χ1v) is 7.06. The molecule has 1 aliphatic rings. The minimum atomic E-state index is 0. The van der Waals surface area contributed by atoms with Crippen molar-refractivity contribution < 1.29 is 0 Å². The molecule has 0 amide bonds. The summed E-state index contributed by atoms with van der Waals surface area (Å²) in [4.78, 5) is 10.9. The molecule has 7 heteroatoms. The summed E-state index contributed by atoms with van der Waals surface area (Å²) < 4.78 is 1.80. The highest BCUT2D eigenvalue weighted by Gasteiger charge is 2.17. The van der Waals surface area contributed by atoms with E-state index >= 15 is 0 Å². The van der Waals surface area contributed by atoms with Crippen molar-refractivity contribution in [3.05, 3.63) is 30.2 Å². The second kappa shape index (κ2) is 7.06. The molecule has 0 radical (unpaired) electrons. The Hall–Kier alpha value is -1.38. The molecule has 0 aliphatic carbocycles. The summed E-state index contributed by atoms with van der Waals surface area (Å²) in [6.45, 7) is 4.79. The monoisotopic (exact) mass is 400 g/mol. The molecule has 1 unspecified atom stereocenters. The van der Waals surface area contributed by atoms with Gasteiger partial charge in [0.25, 0.3) is 0 Å². The standard InChI is InChI=1S/C14H20N6.HI/c1-11-3-2-8-19(10-11)14(15)17-9-12-4-6-16-13-5-7-18-20(12)13;/h4-7,11H,2-3,8-10H2,1H3,(H2,15,17);1H. The van der Waals surface area contributed by atoms with Crippen LogP contribution in [0.15, 0.2) is 29.5 Å². The maximum Gasteiger partial charge on any atom is 0.191 e. The molecule has 2 N–H and O–H groups in total. The highest BCUT2D eigenvalue weighted by atomic mass is 127. The van der Waals surface area contributed by atoms with E-state index in [9.17, 15) is 0 Å². The molecular weight excluding hydrogens is 379 g/mol. The minimum Gasteiger partial charge on any atom is -0.370 e. The van der Waals surface area contributed by atoms with Crippen molar-refractivity contribution in [2.45, 2.75) is 26.3 Å². The number of nitrogens with zero attached hydrogens (tertiary/aromatic N) is 5. The van der Waals surface area contributed by atoms with Crippen LogP contribution in [0.1, 0.15) is 25.5 Å². The first kappa shape index (κ1) is 16.0. The van der Waals surface area contributed by atoms with Gasteiger partial charge in [-0.3, -0.25) is 0 Å². The SMILES string of the molecule is CC1CCCN(C(N)=NCc2ccnc3ccnn23)C1.I. The van der Waals surface area contributed by atoms with Crippen molar-refractivity contribution in [1.82, 2.24) is 19.5 Å². The maximum absolute atomic E-state index is 6.11. The largest absolute Gasteiger partial charge is 0.370 e. The third-order valence-electron chi connectivity index (χ3n) is 3.75. The van der Waals surface area contributed by atoms with Crippen LogP contribution in [0.3, 0.4) is 0 Å². The van der Waals surface area contributed by atoms with Crippen LogP contribution in [0.2, 0.25) is 0 Å². The molecule has 6 nitrogen and oxygen atoms in total. The van der Waals surface area contributed by atoms with Crippen LogP contribution in [0.5, 0.6) is 0 Å². The van der Waals surface area contributed by atoms with Gasteiger partial charge in [-0.2, -0.15) is 5.10 Å². The number of rotatable bonds is 2. The van der Waals surface area contributed by atoms with Crippen LogP contribution < -0.4 is 5.73 Å². The van der Waals surface area contributed by atoms with Crippen molar-refractivity contribution >= 4 is 35.6 Å². The van der Waals surface area contributed by atoms with E-state index in [4.69, 9.17) is 5.73 Å². The van der Waals surface area contributed by atoms with Gasteiger partial charge in [0, 0.05) is 25.4 Å². The van der Waals surface area contributed by atoms with Crippen molar-refractivity contribution in [2.24, 2.45) is 16.6 Å². The van der Waals surface area contributed by atoms with Crippen molar-refractivity contribution in [1.29, 1.82) is 0 Å². The fraction of sp³-hybridized carbons (Fsp3) is 0.500. The molecule has 1 atom stereocenters. The number of halogens is 1. The Morgan fingerprint density at radius 3 is 3.10 bits per heavy atom. The van der Waals surface area contributed by atoms with Crippen molar-refractivity contribution in [3.63, 3.8) is 0 Å². The lowest BCUT2D eigenvalue weighted by Crippen LogP contribution is -2.43. The van der Waals surface area contributed by atoms with Gasteiger partial charge < -0.3 is 10.6 Å². The molecule has 2 aromatic heterocycles. The van der Waals surface area contributed by atoms with Crippen LogP contribution in [-0.4, -0.2) is 38.5 Å². The zero-order valence-corrected chi connectivity index (χ0v) is 14.5. The van der Waals surface area contributed by atoms with Crippen LogP contribution in [-0.2, 0) is 6.54 Å². The van der Waals surface area contributed by atoms with Gasteiger partial charge in [0.15, 0.2) is 11.6 Å². The smallest absolute Gasteiger partial charge is 0.191 e. The van der Waals surface area contributed by atoms with Gasteiger partial charge in [-0.25, -0.2) is 14.5 Å². The van der Waals surface area contributed by atoms with Gasteiger partial charge in [0.1, 0.15) is 0 Å². The molecule has 1 saturated heterocycles. The lowest BCUT2D eigenvalue weighted by molar-refractivity contribution is 0.270. The summed E-state index contributed by atoms with van der Waals surface area (Å²) in [7, 11) is 0. The molecule has 0 aromatic carbocycles. The number of hydrogen-bond donors (Lipinski definition) is 1. The zero-order valence-electron chi connectivity index (χ0n) is 12.1. The Balaban J connectivity index is 0.00000161. The third-order valence-corrected chi connectivity index (χ3v) is 3.75. The van der Waals surface area contributed by atoms with Crippen molar-refractivity contribution in [3.8, 4) is 0 Å². The van der Waals surface area contributed by atoms with Crippen molar-refractivity contribution in [2.75, 3.05) is 13.1 Å². The second-order valence-corrected chi connectivity index (χ2v) is 5.41.